The maximum absolute atomic E-state index is 12.5. The van der Waals surface area contributed by atoms with Gasteiger partial charge in [0.1, 0.15) is 0 Å². The van der Waals surface area contributed by atoms with Gasteiger partial charge in [0, 0.05) is 0 Å². The van der Waals surface area contributed by atoms with Gasteiger partial charge in [-0.1, -0.05) is 0 Å². The van der Waals surface area contributed by atoms with E-state index in [9.17, 15) is 14.5 Å². The zero-order valence-electron chi connectivity index (χ0n) is 5.62. The van der Waals surface area contributed by atoms with E-state index in [1.807, 2.05) is 0 Å². The van der Waals surface area contributed by atoms with Crippen LogP contribution < -0.4 is 0 Å². The Kier molecular flexibility index (Phi) is 2.27. The summed E-state index contributed by atoms with van der Waals surface area (Å²) in [4.78, 5) is 9.39. The first kappa shape index (κ1) is 8.92. The normalized spacial score (nSPS) is 9.83. The molecule has 4 nitrogen and oxygen atoms in total. The third kappa shape index (κ3) is 1.38. The second-order valence-electron chi connectivity index (χ2n) is 1.98. The molecule has 0 spiro atoms. The summed E-state index contributed by atoms with van der Waals surface area (Å²) in [6.45, 7) is 0. The summed E-state index contributed by atoms with van der Waals surface area (Å²) in [6.07, 6.45) is 0. The minimum Gasteiger partial charge on any atom is -0.500 e. The molecule has 0 saturated carbocycles. The number of hydrogen-bond donors (Lipinski definition) is 1. The van der Waals surface area contributed by atoms with Crippen molar-refractivity contribution in [3.8, 4) is 5.75 Å². The largest absolute Gasteiger partial charge is 0.500 e. The van der Waals surface area contributed by atoms with Crippen LogP contribution in [0, 0.1) is 15.9 Å². The van der Waals surface area contributed by atoms with Crippen LogP contribution in [0.3, 0.4) is 0 Å². The number of hydrogen-bond acceptors (Lipinski definition) is 3. The molecule has 1 N–H and O–H groups in total. The van der Waals surface area contributed by atoms with E-state index < -0.39 is 22.2 Å². The van der Waals surface area contributed by atoms with Crippen molar-refractivity contribution in [2.75, 3.05) is 0 Å². The Morgan fingerprint density at radius 1 is 1.58 bits per heavy atom. The number of aromatic hydroxyl groups is 1. The molecule has 0 fully saturated rings. The van der Waals surface area contributed by atoms with E-state index in [0.29, 0.717) is 0 Å². The van der Waals surface area contributed by atoms with E-state index in [1.165, 1.54) is 0 Å². The van der Waals surface area contributed by atoms with Crippen molar-refractivity contribution >= 4 is 21.6 Å². The van der Waals surface area contributed by atoms with Gasteiger partial charge < -0.3 is 5.11 Å². The van der Waals surface area contributed by atoms with Crippen molar-refractivity contribution in [2.45, 2.75) is 0 Å². The predicted octanol–water partition coefficient (Wildman–Crippen LogP) is 2.20. The summed E-state index contributed by atoms with van der Waals surface area (Å²) in [6, 6.07) is 2.10. The molecule has 6 heteroatoms. The predicted molar refractivity (Wildman–Crippen MR) is 42.4 cm³/mol. The van der Waals surface area contributed by atoms with Gasteiger partial charge in [0.15, 0.2) is 5.82 Å². The minimum absolute atomic E-state index is 0.0476. The highest BCUT2D eigenvalue weighted by Gasteiger charge is 2.21. The molecule has 1 rings (SSSR count). The van der Waals surface area contributed by atoms with Crippen molar-refractivity contribution < 1.29 is 14.4 Å². The molecule has 0 atom stereocenters. The van der Waals surface area contributed by atoms with Gasteiger partial charge in [0.2, 0.25) is 5.75 Å². The summed E-state index contributed by atoms with van der Waals surface area (Å²) in [5.74, 6) is -1.96. The topological polar surface area (TPSA) is 63.4 Å². The third-order valence-electron chi connectivity index (χ3n) is 1.24. The van der Waals surface area contributed by atoms with Gasteiger partial charge in [-0.15, -0.1) is 0 Å². The molecule has 0 aliphatic carbocycles. The Bertz CT molecular complexity index is 342. The standard InChI is InChI=1S/C6H3BrFNO3/c7-3-1-2-4(8)6(10)5(3)9(11)12/h1-2,10H. The maximum Gasteiger partial charge on any atom is 0.327 e. The maximum atomic E-state index is 12.5. The Balaban J connectivity index is 3.43. The number of nitro benzene ring substituents is 1. The summed E-state index contributed by atoms with van der Waals surface area (Å²) < 4.78 is 12.6. The van der Waals surface area contributed by atoms with E-state index in [2.05, 4.69) is 15.9 Å². The monoisotopic (exact) mass is 235 g/mol. The molecule has 12 heavy (non-hydrogen) atoms. The SMILES string of the molecule is O=[N+]([O-])c1c(Br)ccc(F)c1O. The zero-order valence-corrected chi connectivity index (χ0v) is 7.21. The lowest BCUT2D eigenvalue weighted by Gasteiger charge is -1.98. The van der Waals surface area contributed by atoms with Crippen molar-refractivity contribution in [1.82, 2.24) is 0 Å². The van der Waals surface area contributed by atoms with Crippen LogP contribution in [0.15, 0.2) is 16.6 Å². The molecular formula is C6H3BrFNO3. The fourth-order valence-corrected chi connectivity index (χ4v) is 1.17. The van der Waals surface area contributed by atoms with Gasteiger partial charge in [-0.2, -0.15) is 0 Å². The van der Waals surface area contributed by atoms with E-state index in [1.54, 1.807) is 0 Å². The molecule has 0 amide bonds. The van der Waals surface area contributed by atoms with Crippen molar-refractivity contribution in [1.29, 1.82) is 0 Å². The average Bonchev–Trinajstić information content (AvgIpc) is 1.97. The number of nitrogens with zero attached hydrogens (tertiary/aromatic N) is 1. The number of nitro groups is 1. The van der Waals surface area contributed by atoms with Crippen LogP contribution in [0.5, 0.6) is 5.75 Å². The fourth-order valence-electron chi connectivity index (χ4n) is 0.704. The molecule has 0 heterocycles. The first-order valence-corrected chi connectivity index (χ1v) is 3.64. The average molecular weight is 236 g/mol. The number of phenols is 1. The Morgan fingerprint density at radius 2 is 2.17 bits per heavy atom. The second-order valence-corrected chi connectivity index (χ2v) is 2.84. The molecule has 0 saturated heterocycles. The number of halogens is 2. The highest BCUT2D eigenvalue weighted by Crippen LogP contribution is 2.35. The quantitative estimate of drug-likeness (QED) is 0.600. The summed E-state index contributed by atoms with van der Waals surface area (Å²) in [5.41, 5.74) is -0.657. The van der Waals surface area contributed by atoms with Crippen LogP contribution in [0.2, 0.25) is 0 Å². The van der Waals surface area contributed by atoms with E-state index >= 15 is 0 Å². The summed E-state index contributed by atoms with van der Waals surface area (Å²) >= 11 is 2.81. The number of phenolic OH excluding ortho intramolecular Hbond substituents is 1. The first-order valence-electron chi connectivity index (χ1n) is 2.85. The van der Waals surface area contributed by atoms with Gasteiger partial charge in [-0.25, -0.2) is 4.39 Å². The lowest BCUT2D eigenvalue weighted by Crippen LogP contribution is -1.91. The van der Waals surface area contributed by atoms with Crippen LogP contribution in [0.4, 0.5) is 10.1 Å². The van der Waals surface area contributed by atoms with Crippen molar-refractivity contribution in [3.05, 3.63) is 32.5 Å². The molecule has 64 valence electrons. The number of benzene rings is 1. The summed E-state index contributed by atoms with van der Waals surface area (Å²) in [5, 5.41) is 19.1. The molecule has 0 bridgehead atoms. The zero-order chi connectivity index (χ0) is 9.30. The fraction of sp³-hybridized carbons (Fsp3) is 0. The second kappa shape index (κ2) is 3.06. The van der Waals surface area contributed by atoms with E-state index in [4.69, 9.17) is 5.11 Å². The van der Waals surface area contributed by atoms with Crippen LogP contribution in [-0.4, -0.2) is 10.0 Å². The Morgan fingerprint density at radius 3 is 2.58 bits per heavy atom. The lowest BCUT2D eigenvalue weighted by atomic mass is 10.3. The van der Waals surface area contributed by atoms with Gasteiger partial charge in [0.05, 0.1) is 9.40 Å². The lowest BCUT2D eigenvalue weighted by molar-refractivity contribution is -0.386. The van der Waals surface area contributed by atoms with E-state index in [-0.39, 0.29) is 4.47 Å². The van der Waals surface area contributed by atoms with Gasteiger partial charge in [-0.05, 0) is 28.1 Å². The van der Waals surface area contributed by atoms with Crippen molar-refractivity contribution in [2.24, 2.45) is 0 Å². The number of rotatable bonds is 1. The van der Waals surface area contributed by atoms with Gasteiger partial charge >= 0.3 is 5.69 Å². The molecular weight excluding hydrogens is 233 g/mol. The van der Waals surface area contributed by atoms with Crippen LogP contribution in [0.25, 0.3) is 0 Å². The van der Waals surface area contributed by atoms with Crippen LogP contribution >= 0.6 is 15.9 Å². The molecule has 0 aliphatic heterocycles. The first-order chi connectivity index (χ1) is 5.54. The van der Waals surface area contributed by atoms with Crippen LogP contribution in [-0.2, 0) is 0 Å². The molecule has 0 radical (unpaired) electrons. The highest BCUT2D eigenvalue weighted by molar-refractivity contribution is 9.10. The highest BCUT2D eigenvalue weighted by atomic mass is 79.9. The molecule has 0 aliphatic rings. The third-order valence-corrected chi connectivity index (χ3v) is 1.88. The van der Waals surface area contributed by atoms with Crippen LogP contribution in [0.1, 0.15) is 0 Å². The molecule has 1 aromatic rings. The van der Waals surface area contributed by atoms with Crippen molar-refractivity contribution in [3.63, 3.8) is 0 Å². The summed E-state index contributed by atoms with van der Waals surface area (Å²) in [7, 11) is 0. The van der Waals surface area contributed by atoms with Gasteiger partial charge in [0.25, 0.3) is 0 Å². The minimum atomic E-state index is -1.01. The smallest absolute Gasteiger partial charge is 0.327 e. The molecule has 1 aromatic carbocycles. The molecule has 0 aromatic heterocycles. The molecule has 0 unspecified atom stereocenters. The van der Waals surface area contributed by atoms with Gasteiger partial charge in [-0.3, -0.25) is 10.1 Å². The van der Waals surface area contributed by atoms with E-state index in [0.717, 1.165) is 12.1 Å². The Hall–Kier alpha value is -1.17. The Labute approximate surface area is 74.9 Å².